The lowest BCUT2D eigenvalue weighted by molar-refractivity contribution is 0.282. The summed E-state index contributed by atoms with van der Waals surface area (Å²) in [5.41, 5.74) is 3.26. The van der Waals surface area contributed by atoms with Crippen LogP contribution in [0, 0.1) is 11.8 Å². The first kappa shape index (κ1) is 12.3. The van der Waals surface area contributed by atoms with Crippen LogP contribution in [-0.2, 0) is 6.61 Å². The van der Waals surface area contributed by atoms with Gasteiger partial charge in [-0.05, 0) is 42.3 Å². The molecule has 4 heteroatoms. The SMILES string of the molecule is Cc1cccc(N(N=O)c2ccc(CO)cc2)c1. The van der Waals surface area contributed by atoms with Crippen molar-refractivity contribution in [3.8, 4) is 0 Å². The van der Waals surface area contributed by atoms with Gasteiger partial charge in [0, 0.05) is 0 Å². The molecule has 0 heterocycles. The number of rotatable bonds is 4. The van der Waals surface area contributed by atoms with E-state index in [1.807, 2.05) is 31.2 Å². The first-order valence-corrected chi connectivity index (χ1v) is 5.64. The van der Waals surface area contributed by atoms with Gasteiger partial charge in [0.05, 0.1) is 23.3 Å². The Bertz CT molecular complexity index is 538. The van der Waals surface area contributed by atoms with Crippen molar-refractivity contribution in [3.63, 3.8) is 0 Å². The molecule has 0 aliphatic carbocycles. The van der Waals surface area contributed by atoms with E-state index in [9.17, 15) is 4.91 Å². The third kappa shape index (κ3) is 2.55. The quantitative estimate of drug-likeness (QED) is 0.661. The van der Waals surface area contributed by atoms with Gasteiger partial charge in [-0.1, -0.05) is 24.3 Å². The van der Waals surface area contributed by atoms with Crippen LogP contribution < -0.4 is 5.01 Å². The fraction of sp³-hybridized carbons (Fsp3) is 0.143. The predicted molar refractivity (Wildman–Crippen MR) is 71.5 cm³/mol. The van der Waals surface area contributed by atoms with E-state index in [1.54, 1.807) is 24.3 Å². The lowest BCUT2D eigenvalue weighted by Crippen LogP contribution is -2.07. The predicted octanol–water partition coefficient (Wildman–Crippen LogP) is 3.31. The van der Waals surface area contributed by atoms with Crippen LogP contribution in [0.4, 0.5) is 11.4 Å². The molecule has 0 aliphatic rings. The molecular formula is C14H14N2O2. The number of hydrogen-bond donors (Lipinski definition) is 1. The number of anilines is 2. The minimum Gasteiger partial charge on any atom is -0.392 e. The summed E-state index contributed by atoms with van der Waals surface area (Å²) in [4.78, 5) is 11.0. The third-order valence-electron chi connectivity index (χ3n) is 2.69. The van der Waals surface area contributed by atoms with Gasteiger partial charge in [-0.2, -0.15) is 5.01 Å². The maximum atomic E-state index is 11.0. The molecule has 0 saturated carbocycles. The van der Waals surface area contributed by atoms with Crippen molar-refractivity contribution in [2.24, 2.45) is 5.29 Å². The summed E-state index contributed by atoms with van der Waals surface area (Å²) in [7, 11) is 0. The van der Waals surface area contributed by atoms with Gasteiger partial charge in [0.15, 0.2) is 0 Å². The third-order valence-corrected chi connectivity index (χ3v) is 2.69. The van der Waals surface area contributed by atoms with Gasteiger partial charge in [-0.3, -0.25) is 0 Å². The summed E-state index contributed by atoms with van der Waals surface area (Å²) in [6.45, 7) is 1.95. The minimum absolute atomic E-state index is 0.0146. The molecule has 0 saturated heterocycles. The molecule has 2 rings (SSSR count). The highest BCUT2D eigenvalue weighted by Gasteiger charge is 2.09. The van der Waals surface area contributed by atoms with Gasteiger partial charge in [0.25, 0.3) is 0 Å². The van der Waals surface area contributed by atoms with E-state index >= 15 is 0 Å². The van der Waals surface area contributed by atoms with Crippen molar-refractivity contribution < 1.29 is 5.11 Å². The van der Waals surface area contributed by atoms with Gasteiger partial charge < -0.3 is 5.11 Å². The van der Waals surface area contributed by atoms with Crippen molar-refractivity contribution in [2.45, 2.75) is 13.5 Å². The number of aliphatic hydroxyl groups is 1. The lowest BCUT2D eigenvalue weighted by atomic mass is 10.2. The van der Waals surface area contributed by atoms with Gasteiger partial charge in [0.1, 0.15) is 0 Å². The Morgan fingerprint density at radius 2 is 1.83 bits per heavy atom. The van der Waals surface area contributed by atoms with Crippen LogP contribution in [0.5, 0.6) is 0 Å². The molecule has 0 amide bonds. The standard InChI is InChI=1S/C14H14N2O2/c1-11-3-2-4-14(9-11)16(15-18)13-7-5-12(10-17)6-8-13/h2-9,17H,10H2,1H3. The molecule has 0 bridgehead atoms. The number of nitrogens with zero attached hydrogens (tertiary/aromatic N) is 2. The summed E-state index contributed by atoms with van der Waals surface area (Å²) in [5.74, 6) is 0. The molecule has 1 N–H and O–H groups in total. The molecule has 4 nitrogen and oxygen atoms in total. The van der Waals surface area contributed by atoms with E-state index in [1.165, 1.54) is 5.01 Å². The average Bonchev–Trinajstić information content (AvgIpc) is 2.40. The first-order valence-electron chi connectivity index (χ1n) is 5.64. The normalized spacial score (nSPS) is 10.1. The Morgan fingerprint density at radius 1 is 1.11 bits per heavy atom. The monoisotopic (exact) mass is 242 g/mol. The molecule has 0 atom stereocenters. The highest BCUT2D eigenvalue weighted by Crippen LogP contribution is 2.26. The van der Waals surface area contributed by atoms with Crippen LogP contribution in [0.25, 0.3) is 0 Å². The Kier molecular flexibility index (Phi) is 3.69. The number of nitroso groups, excluding NO2 is 1. The van der Waals surface area contributed by atoms with Crippen LogP contribution in [0.1, 0.15) is 11.1 Å². The Hall–Kier alpha value is -2.20. The van der Waals surface area contributed by atoms with E-state index in [2.05, 4.69) is 5.29 Å². The lowest BCUT2D eigenvalue weighted by Gasteiger charge is -2.16. The first-order chi connectivity index (χ1) is 8.74. The molecule has 92 valence electrons. The fourth-order valence-electron chi connectivity index (χ4n) is 1.75. The van der Waals surface area contributed by atoms with Crippen molar-refractivity contribution in [1.82, 2.24) is 0 Å². The van der Waals surface area contributed by atoms with Crippen LogP contribution in [0.15, 0.2) is 53.8 Å². The Labute approximate surface area is 105 Å². The number of benzene rings is 2. The van der Waals surface area contributed by atoms with Gasteiger partial charge in [-0.15, -0.1) is 4.91 Å². The molecule has 2 aromatic carbocycles. The van der Waals surface area contributed by atoms with Crippen LogP contribution in [0.2, 0.25) is 0 Å². The second kappa shape index (κ2) is 5.42. The van der Waals surface area contributed by atoms with Crippen LogP contribution >= 0.6 is 0 Å². The molecule has 18 heavy (non-hydrogen) atoms. The van der Waals surface area contributed by atoms with Gasteiger partial charge in [0.2, 0.25) is 0 Å². The number of aliphatic hydroxyl groups excluding tert-OH is 1. The largest absolute Gasteiger partial charge is 0.392 e. The van der Waals surface area contributed by atoms with Gasteiger partial charge in [-0.25, -0.2) is 0 Å². The fourth-order valence-corrected chi connectivity index (χ4v) is 1.75. The van der Waals surface area contributed by atoms with Gasteiger partial charge >= 0.3 is 0 Å². The Balaban J connectivity index is 2.35. The molecular weight excluding hydrogens is 228 g/mol. The number of hydrogen-bond acceptors (Lipinski definition) is 3. The molecule has 2 aromatic rings. The zero-order valence-electron chi connectivity index (χ0n) is 10.1. The topological polar surface area (TPSA) is 52.9 Å². The van der Waals surface area contributed by atoms with Crippen LogP contribution in [-0.4, -0.2) is 5.11 Å². The summed E-state index contributed by atoms with van der Waals surface area (Å²) in [5, 5.41) is 13.4. The maximum Gasteiger partial charge on any atom is 0.0687 e. The van der Waals surface area contributed by atoms with Crippen LogP contribution in [0.3, 0.4) is 0 Å². The maximum absolute atomic E-state index is 11.0. The smallest absolute Gasteiger partial charge is 0.0687 e. The molecule has 0 aromatic heterocycles. The summed E-state index contributed by atoms with van der Waals surface area (Å²) >= 11 is 0. The van der Waals surface area contributed by atoms with E-state index < -0.39 is 0 Å². The van der Waals surface area contributed by atoms with Crippen molar-refractivity contribution >= 4 is 11.4 Å². The summed E-state index contributed by atoms with van der Waals surface area (Å²) in [6.07, 6.45) is 0. The van der Waals surface area contributed by atoms with Crippen molar-refractivity contribution in [2.75, 3.05) is 5.01 Å². The summed E-state index contributed by atoms with van der Waals surface area (Å²) < 4.78 is 0. The molecule has 0 aliphatic heterocycles. The average molecular weight is 242 g/mol. The van der Waals surface area contributed by atoms with Crippen molar-refractivity contribution in [3.05, 3.63) is 64.6 Å². The molecule has 0 spiro atoms. The zero-order chi connectivity index (χ0) is 13.0. The number of aryl methyl sites for hydroxylation is 1. The molecule has 0 fully saturated rings. The second-order valence-corrected chi connectivity index (χ2v) is 4.06. The highest BCUT2D eigenvalue weighted by atomic mass is 16.3. The Morgan fingerprint density at radius 3 is 2.39 bits per heavy atom. The van der Waals surface area contributed by atoms with E-state index in [-0.39, 0.29) is 6.61 Å². The summed E-state index contributed by atoms with van der Waals surface area (Å²) in [6, 6.07) is 14.6. The molecule has 0 radical (unpaired) electrons. The van der Waals surface area contributed by atoms with E-state index in [4.69, 9.17) is 5.11 Å². The second-order valence-electron chi connectivity index (χ2n) is 4.06. The van der Waals surface area contributed by atoms with Crippen molar-refractivity contribution in [1.29, 1.82) is 0 Å². The molecule has 0 unspecified atom stereocenters. The minimum atomic E-state index is -0.0146. The highest BCUT2D eigenvalue weighted by molar-refractivity contribution is 5.62. The zero-order valence-corrected chi connectivity index (χ0v) is 10.1. The van der Waals surface area contributed by atoms with E-state index in [0.29, 0.717) is 5.69 Å². The van der Waals surface area contributed by atoms with E-state index in [0.717, 1.165) is 16.8 Å².